The number of allylic oxidation sites excluding steroid dienone is 1. The zero-order valence-corrected chi connectivity index (χ0v) is 27.8. The zero-order chi connectivity index (χ0) is 30.1. The lowest BCUT2D eigenvalue weighted by Gasteiger charge is -2.46. The number of esters is 1. The van der Waals surface area contributed by atoms with Crippen LogP contribution in [0.1, 0.15) is 167 Å². The standard InChI is InChI=1S/C37H69NO4/c1-3-4-5-6-7-14-19-32-41-36(40)21-16-11-9-13-18-29-38(30-31-39)28-17-12-8-10-15-20-34(2)42-33-37-25-22-35(23-26-37)24-27-37/h35,39H,2-33H2,1H3. The first-order valence-electron chi connectivity index (χ1n) is 18.4. The number of carbonyl (C=O) groups is 1. The average molecular weight is 592 g/mol. The van der Waals surface area contributed by atoms with Crippen molar-refractivity contribution in [3.63, 3.8) is 0 Å². The summed E-state index contributed by atoms with van der Waals surface area (Å²) in [6.45, 7) is 11.1. The molecule has 0 unspecified atom stereocenters. The van der Waals surface area contributed by atoms with E-state index >= 15 is 0 Å². The molecule has 42 heavy (non-hydrogen) atoms. The molecule has 0 aromatic heterocycles. The summed E-state index contributed by atoms with van der Waals surface area (Å²) in [5.41, 5.74) is 0.472. The van der Waals surface area contributed by atoms with Crippen LogP contribution in [0.2, 0.25) is 0 Å². The summed E-state index contributed by atoms with van der Waals surface area (Å²) in [7, 11) is 0. The molecule has 0 aromatic rings. The Labute approximate surface area is 260 Å². The van der Waals surface area contributed by atoms with Gasteiger partial charge < -0.3 is 19.5 Å². The van der Waals surface area contributed by atoms with Crippen LogP contribution in [0.25, 0.3) is 0 Å². The van der Waals surface area contributed by atoms with Crippen LogP contribution < -0.4 is 0 Å². The zero-order valence-electron chi connectivity index (χ0n) is 27.8. The number of hydrogen-bond acceptors (Lipinski definition) is 5. The van der Waals surface area contributed by atoms with Crippen LogP contribution in [0.3, 0.4) is 0 Å². The van der Waals surface area contributed by atoms with Crippen LogP contribution in [-0.2, 0) is 14.3 Å². The molecule has 5 heteroatoms. The Bertz CT molecular complexity index is 659. The summed E-state index contributed by atoms with van der Waals surface area (Å²) in [4.78, 5) is 14.3. The number of aliphatic hydroxyl groups is 1. The van der Waals surface area contributed by atoms with Crippen LogP contribution in [0.15, 0.2) is 12.3 Å². The van der Waals surface area contributed by atoms with E-state index in [-0.39, 0.29) is 12.6 Å². The minimum absolute atomic E-state index is 0.0191. The number of aliphatic hydroxyl groups excluding tert-OH is 1. The number of ether oxygens (including phenoxy) is 2. The highest BCUT2D eigenvalue weighted by molar-refractivity contribution is 5.69. The van der Waals surface area contributed by atoms with Gasteiger partial charge in [-0.2, -0.15) is 0 Å². The molecular formula is C37H69NO4. The fraction of sp³-hybridized carbons (Fsp3) is 0.919. The molecule has 0 aromatic carbocycles. The van der Waals surface area contributed by atoms with Gasteiger partial charge in [0, 0.05) is 24.8 Å². The van der Waals surface area contributed by atoms with Gasteiger partial charge in [0.2, 0.25) is 0 Å². The normalized spacial score (nSPS) is 19.8. The van der Waals surface area contributed by atoms with Gasteiger partial charge in [0.05, 0.1) is 25.6 Å². The monoisotopic (exact) mass is 592 g/mol. The summed E-state index contributed by atoms with van der Waals surface area (Å²) >= 11 is 0. The van der Waals surface area contributed by atoms with Crippen molar-refractivity contribution in [2.24, 2.45) is 11.3 Å². The van der Waals surface area contributed by atoms with Crippen molar-refractivity contribution >= 4 is 5.97 Å². The number of unbranched alkanes of at least 4 members (excludes halogenated alkanes) is 14. The van der Waals surface area contributed by atoms with Gasteiger partial charge in [0.15, 0.2) is 0 Å². The number of hydrogen-bond donors (Lipinski definition) is 1. The summed E-state index contributed by atoms with van der Waals surface area (Å²) in [5, 5.41) is 9.48. The third kappa shape index (κ3) is 17.9. The highest BCUT2D eigenvalue weighted by Gasteiger charge is 2.40. The molecule has 0 spiro atoms. The number of fused-ring (bicyclic) bond motifs is 3. The summed E-state index contributed by atoms with van der Waals surface area (Å²) in [6.07, 6.45) is 30.4. The van der Waals surface area contributed by atoms with Crippen molar-refractivity contribution in [3.8, 4) is 0 Å². The van der Waals surface area contributed by atoms with Gasteiger partial charge in [0.1, 0.15) is 0 Å². The quantitative estimate of drug-likeness (QED) is 0.0533. The Balaban J connectivity index is 1.35. The molecule has 246 valence electrons. The van der Waals surface area contributed by atoms with Gasteiger partial charge in [-0.25, -0.2) is 0 Å². The highest BCUT2D eigenvalue weighted by atomic mass is 16.5. The highest BCUT2D eigenvalue weighted by Crippen LogP contribution is 2.50. The molecule has 3 rings (SSSR count). The lowest BCUT2D eigenvalue weighted by Crippen LogP contribution is -2.37. The first kappa shape index (κ1) is 37.1. The lowest BCUT2D eigenvalue weighted by molar-refractivity contribution is -0.143. The first-order valence-corrected chi connectivity index (χ1v) is 18.4. The summed E-state index contributed by atoms with van der Waals surface area (Å²) in [5.74, 6) is 1.99. The Morgan fingerprint density at radius 3 is 1.83 bits per heavy atom. The first-order chi connectivity index (χ1) is 20.6. The second-order valence-corrected chi connectivity index (χ2v) is 13.8. The number of rotatable bonds is 29. The van der Waals surface area contributed by atoms with Crippen molar-refractivity contribution in [1.82, 2.24) is 4.90 Å². The van der Waals surface area contributed by atoms with Gasteiger partial charge in [0.25, 0.3) is 0 Å². The molecule has 5 nitrogen and oxygen atoms in total. The van der Waals surface area contributed by atoms with Crippen LogP contribution in [0.4, 0.5) is 0 Å². The smallest absolute Gasteiger partial charge is 0.305 e. The molecular weight excluding hydrogens is 522 g/mol. The van der Waals surface area contributed by atoms with Gasteiger partial charge >= 0.3 is 5.97 Å². The van der Waals surface area contributed by atoms with E-state index in [0.29, 0.717) is 18.4 Å². The fourth-order valence-corrected chi connectivity index (χ4v) is 7.00. The molecule has 3 aliphatic rings. The van der Waals surface area contributed by atoms with E-state index in [1.54, 1.807) is 0 Å². The van der Waals surface area contributed by atoms with Crippen LogP contribution >= 0.6 is 0 Å². The van der Waals surface area contributed by atoms with E-state index in [2.05, 4.69) is 18.4 Å². The summed E-state index contributed by atoms with van der Waals surface area (Å²) in [6, 6.07) is 0. The van der Waals surface area contributed by atoms with Crippen LogP contribution in [-0.4, -0.2) is 55.4 Å². The van der Waals surface area contributed by atoms with Crippen molar-refractivity contribution in [2.45, 2.75) is 167 Å². The molecule has 1 N–H and O–H groups in total. The van der Waals surface area contributed by atoms with Crippen molar-refractivity contribution < 1.29 is 19.4 Å². The SMILES string of the molecule is C=C(CCCCCCCN(CCO)CCCCCCCC(=O)OCCCCCCCCC)OCC12CCC(CC1)CC2. The van der Waals surface area contributed by atoms with E-state index in [1.165, 1.54) is 128 Å². The van der Waals surface area contributed by atoms with E-state index in [1.807, 2.05) is 0 Å². The fourth-order valence-electron chi connectivity index (χ4n) is 7.00. The number of nitrogens with zero attached hydrogens (tertiary/aromatic N) is 1. The summed E-state index contributed by atoms with van der Waals surface area (Å²) < 4.78 is 11.5. The minimum Gasteiger partial charge on any atom is -0.498 e. The van der Waals surface area contributed by atoms with Gasteiger partial charge in [-0.3, -0.25) is 4.79 Å². The maximum Gasteiger partial charge on any atom is 0.305 e. The molecule has 2 bridgehead atoms. The maximum absolute atomic E-state index is 11.9. The van der Waals surface area contributed by atoms with E-state index in [0.717, 1.165) is 63.6 Å². The Morgan fingerprint density at radius 1 is 0.714 bits per heavy atom. The predicted octanol–water partition coefficient (Wildman–Crippen LogP) is 9.76. The molecule has 0 radical (unpaired) electrons. The van der Waals surface area contributed by atoms with E-state index in [4.69, 9.17) is 9.47 Å². The molecule has 3 fully saturated rings. The molecule has 3 saturated carbocycles. The predicted molar refractivity (Wildman–Crippen MR) is 177 cm³/mol. The second kappa shape index (κ2) is 24.3. The van der Waals surface area contributed by atoms with Crippen molar-refractivity contribution in [2.75, 3.05) is 39.5 Å². The second-order valence-electron chi connectivity index (χ2n) is 13.8. The molecule has 0 aliphatic heterocycles. The van der Waals surface area contributed by atoms with Crippen molar-refractivity contribution in [3.05, 3.63) is 12.3 Å². The molecule has 3 aliphatic carbocycles. The largest absolute Gasteiger partial charge is 0.498 e. The van der Waals surface area contributed by atoms with Crippen LogP contribution in [0, 0.1) is 11.3 Å². The van der Waals surface area contributed by atoms with E-state index < -0.39 is 0 Å². The maximum atomic E-state index is 11.9. The Morgan fingerprint density at radius 2 is 1.24 bits per heavy atom. The Hall–Kier alpha value is -1.07. The van der Waals surface area contributed by atoms with Gasteiger partial charge in [-0.15, -0.1) is 0 Å². The molecule has 0 heterocycles. The van der Waals surface area contributed by atoms with Crippen LogP contribution in [0.5, 0.6) is 0 Å². The van der Waals surface area contributed by atoms with Gasteiger partial charge in [-0.05, 0) is 89.6 Å². The molecule has 0 saturated heterocycles. The van der Waals surface area contributed by atoms with Gasteiger partial charge in [-0.1, -0.05) is 90.6 Å². The third-order valence-corrected chi connectivity index (χ3v) is 10.0. The topological polar surface area (TPSA) is 59.0 Å². The Kier molecular flexibility index (Phi) is 21.5. The lowest BCUT2D eigenvalue weighted by atomic mass is 9.61. The number of carbonyl (C=O) groups excluding carboxylic acids is 1. The third-order valence-electron chi connectivity index (χ3n) is 10.0. The minimum atomic E-state index is -0.0191. The average Bonchev–Trinajstić information content (AvgIpc) is 3.01. The van der Waals surface area contributed by atoms with E-state index in [9.17, 15) is 9.90 Å². The van der Waals surface area contributed by atoms with Crippen molar-refractivity contribution in [1.29, 1.82) is 0 Å². The molecule has 0 amide bonds. The molecule has 0 atom stereocenters.